The third kappa shape index (κ3) is 6.51. The van der Waals surface area contributed by atoms with E-state index in [0.717, 1.165) is 84.9 Å². The lowest BCUT2D eigenvalue weighted by molar-refractivity contribution is 0.0685. The number of aromatic nitrogens is 5. The summed E-state index contributed by atoms with van der Waals surface area (Å²) in [5, 5.41) is 23.8. The molecule has 8 bridgehead atoms. The van der Waals surface area contributed by atoms with Gasteiger partial charge in [-0.05, 0) is 69.1 Å². The van der Waals surface area contributed by atoms with E-state index in [2.05, 4.69) is 49.3 Å². The summed E-state index contributed by atoms with van der Waals surface area (Å²) >= 11 is 8.73. The van der Waals surface area contributed by atoms with E-state index in [-0.39, 0.29) is 12.3 Å². The largest absolute Gasteiger partial charge is 0.493 e. The van der Waals surface area contributed by atoms with Crippen molar-refractivity contribution < 1.29 is 19.4 Å². The zero-order valence-electron chi connectivity index (χ0n) is 29.0. The zero-order valence-corrected chi connectivity index (χ0v) is 30.6. The molecule has 3 aromatic heterocycles. The fourth-order valence-electron chi connectivity index (χ4n) is 6.95. The summed E-state index contributed by atoms with van der Waals surface area (Å²) in [5.74, 6) is 0.524. The summed E-state index contributed by atoms with van der Waals surface area (Å²) < 4.78 is 18.5. The minimum absolute atomic E-state index is 0.243. The fourth-order valence-corrected chi connectivity index (χ4v) is 8.05. The Labute approximate surface area is 300 Å². The molecule has 260 valence electrons. The number of halogens is 1. The molecule has 6 aromatic rings. The number of aromatic carboxylic acids is 1. The molecule has 1 aliphatic rings. The topological polar surface area (TPSA) is 99.6 Å². The van der Waals surface area contributed by atoms with Crippen LogP contribution in [0.2, 0.25) is 5.02 Å². The molecule has 0 fully saturated rings. The number of hydrogen-bond donors (Lipinski definition) is 1. The Morgan fingerprint density at radius 3 is 2.66 bits per heavy atom. The lowest BCUT2D eigenvalue weighted by atomic mass is 9.98. The van der Waals surface area contributed by atoms with Crippen molar-refractivity contribution in [2.24, 2.45) is 14.1 Å². The van der Waals surface area contributed by atoms with Crippen molar-refractivity contribution in [3.63, 3.8) is 0 Å². The van der Waals surface area contributed by atoms with E-state index in [1.54, 1.807) is 23.4 Å². The molecular formula is C38H41ClN6O4S. The van der Waals surface area contributed by atoms with Crippen LogP contribution in [0.4, 0.5) is 0 Å². The number of thioether (sulfide) groups is 1. The minimum atomic E-state index is -0.983. The first-order valence-corrected chi connectivity index (χ1v) is 18.1. The first-order valence-electron chi connectivity index (χ1n) is 16.7. The molecule has 1 aliphatic heterocycles. The van der Waals surface area contributed by atoms with Crippen LogP contribution < -0.4 is 4.74 Å². The van der Waals surface area contributed by atoms with E-state index in [1.165, 1.54) is 0 Å². The molecule has 12 heteroatoms. The average Bonchev–Trinajstić information content (AvgIpc) is 3.71. The Morgan fingerprint density at radius 2 is 1.86 bits per heavy atom. The number of benzene rings is 3. The van der Waals surface area contributed by atoms with Crippen molar-refractivity contribution >= 4 is 51.0 Å². The van der Waals surface area contributed by atoms with Crippen molar-refractivity contribution in [3.05, 3.63) is 93.7 Å². The number of carbonyl (C=O) groups is 1. The van der Waals surface area contributed by atoms with Gasteiger partial charge in [-0.15, -0.1) is 11.8 Å². The molecule has 3 aromatic carbocycles. The van der Waals surface area contributed by atoms with Crippen LogP contribution in [-0.4, -0.2) is 67.4 Å². The molecule has 7 rings (SSSR count). The predicted molar refractivity (Wildman–Crippen MR) is 198 cm³/mol. The van der Waals surface area contributed by atoms with Crippen molar-refractivity contribution in [2.45, 2.75) is 50.2 Å². The molecule has 0 aliphatic carbocycles. The number of hydrogen-bond acceptors (Lipinski definition) is 7. The number of carboxylic acids is 1. The standard InChI is InChI=1S/C38H41ClN6O4S/c1-23-34-32(41-44(23)5)21-48-20-26-18-25(40-45(26)15-14-42(2)3)22-50-27-17-24-9-6-7-10-28(24)33(19-27)49-16-8-11-29-30-12-13-31(39)35(34)36(30)43(4)37(29)38(46)47/h6-7,9-10,12-13,17-19H,8,11,14-16,20-22H2,1-5H3,(H,46,47). The van der Waals surface area contributed by atoms with Crippen LogP contribution in [0.3, 0.4) is 0 Å². The smallest absolute Gasteiger partial charge is 0.352 e. The summed E-state index contributed by atoms with van der Waals surface area (Å²) in [6, 6.07) is 18.5. The van der Waals surface area contributed by atoms with Gasteiger partial charge in [0.1, 0.15) is 11.4 Å². The molecule has 0 spiro atoms. The third-order valence-electron chi connectivity index (χ3n) is 9.44. The minimum Gasteiger partial charge on any atom is -0.493 e. The van der Waals surface area contributed by atoms with Gasteiger partial charge in [0.15, 0.2) is 0 Å². The summed E-state index contributed by atoms with van der Waals surface area (Å²) in [7, 11) is 7.81. The molecule has 0 saturated carbocycles. The number of nitrogens with zero attached hydrogens (tertiary/aromatic N) is 6. The van der Waals surface area contributed by atoms with Gasteiger partial charge in [0.05, 0.1) is 54.0 Å². The maximum atomic E-state index is 12.8. The second-order valence-electron chi connectivity index (χ2n) is 13.1. The number of rotatable bonds is 4. The second-order valence-corrected chi connectivity index (χ2v) is 14.5. The van der Waals surface area contributed by atoms with E-state index in [0.29, 0.717) is 36.8 Å². The van der Waals surface area contributed by atoms with Gasteiger partial charge in [0, 0.05) is 58.9 Å². The number of aryl methyl sites for hydroxylation is 3. The number of ether oxygens (including phenoxy) is 2. The summed E-state index contributed by atoms with van der Waals surface area (Å²) in [4.78, 5) is 16.0. The first-order chi connectivity index (χ1) is 24.1. The number of likely N-dealkylation sites (N-methyl/N-ethyl adjacent to an activating group) is 1. The van der Waals surface area contributed by atoms with Gasteiger partial charge in [-0.25, -0.2) is 4.79 Å². The molecule has 0 atom stereocenters. The molecule has 1 N–H and O–H groups in total. The lowest BCUT2D eigenvalue weighted by Crippen LogP contribution is -2.20. The van der Waals surface area contributed by atoms with E-state index in [1.807, 2.05) is 47.6 Å². The maximum absolute atomic E-state index is 12.8. The van der Waals surface area contributed by atoms with Gasteiger partial charge in [0.25, 0.3) is 0 Å². The Hall–Kier alpha value is -4.29. The normalized spacial score (nSPS) is 14.2. The molecular weight excluding hydrogens is 672 g/mol. The Bertz CT molecular complexity index is 2240. The molecule has 4 heterocycles. The van der Waals surface area contributed by atoms with E-state index < -0.39 is 5.97 Å². The summed E-state index contributed by atoms with van der Waals surface area (Å²) in [6.45, 7) is 4.60. The predicted octanol–water partition coefficient (Wildman–Crippen LogP) is 7.48. The molecule has 0 amide bonds. The van der Waals surface area contributed by atoms with Crippen LogP contribution in [0, 0.1) is 6.92 Å². The van der Waals surface area contributed by atoms with E-state index >= 15 is 0 Å². The van der Waals surface area contributed by atoms with Crippen LogP contribution in [0.25, 0.3) is 32.8 Å². The quantitative estimate of drug-likeness (QED) is 0.201. The number of carboxylic acid groups (broad SMARTS) is 1. The van der Waals surface area contributed by atoms with Gasteiger partial charge in [-0.2, -0.15) is 10.2 Å². The number of fused-ring (bicyclic) bond motifs is 8. The highest BCUT2D eigenvalue weighted by Crippen LogP contribution is 2.42. The van der Waals surface area contributed by atoms with Crippen LogP contribution >= 0.6 is 23.4 Å². The van der Waals surface area contributed by atoms with Crippen molar-refractivity contribution in [2.75, 3.05) is 27.2 Å². The van der Waals surface area contributed by atoms with Crippen LogP contribution in [0.5, 0.6) is 5.75 Å². The zero-order chi connectivity index (χ0) is 35.1. The van der Waals surface area contributed by atoms with Crippen molar-refractivity contribution in [1.29, 1.82) is 0 Å². The molecule has 0 saturated heterocycles. The van der Waals surface area contributed by atoms with Gasteiger partial charge >= 0.3 is 5.97 Å². The molecule has 0 unspecified atom stereocenters. The van der Waals surface area contributed by atoms with Crippen LogP contribution in [0.1, 0.15) is 45.2 Å². The average molecular weight is 713 g/mol. The molecule has 0 radical (unpaired) electrons. The first kappa shape index (κ1) is 34.2. The van der Waals surface area contributed by atoms with Gasteiger partial charge in [0.2, 0.25) is 0 Å². The van der Waals surface area contributed by atoms with Gasteiger partial charge < -0.3 is 24.0 Å². The van der Waals surface area contributed by atoms with Crippen LogP contribution in [-0.2, 0) is 50.8 Å². The summed E-state index contributed by atoms with van der Waals surface area (Å²) in [6.07, 6.45) is 1.15. The Morgan fingerprint density at radius 1 is 1.04 bits per heavy atom. The Balaban J connectivity index is 1.35. The molecule has 10 nitrogen and oxygen atoms in total. The van der Waals surface area contributed by atoms with E-state index in [9.17, 15) is 9.90 Å². The lowest BCUT2D eigenvalue weighted by Gasteiger charge is -2.13. The van der Waals surface area contributed by atoms with Gasteiger partial charge in [-0.1, -0.05) is 41.9 Å². The van der Waals surface area contributed by atoms with Gasteiger partial charge in [-0.3, -0.25) is 9.36 Å². The Kier molecular flexibility index (Phi) is 9.67. The van der Waals surface area contributed by atoms with E-state index in [4.69, 9.17) is 31.3 Å². The maximum Gasteiger partial charge on any atom is 0.352 e. The monoisotopic (exact) mass is 712 g/mol. The molecule has 50 heavy (non-hydrogen) atoms. The fraction of sp³-hybridized carbons (Fsp3) is 0.342. The SMILES string of the molecule is Cc1c2c(nn1C)COCc1cc(nn1CCN(C)C)CSc1cc(c3ccccc3c1)OCCCc1c(C(=O)O)n(C)c3c-2c(Cl)ccc13. The second kappa shape index (κ2) is 14.1. The van der Waals surface area contributed by atoms with Crippen molar-refractivity contribution in [3.8, 4) is 16.9 Å². The highest BCUT2D eigenvalue weighted by Gasteiger charge is 2.27. The third-order valence-corrected chi connectivity index (χ3v) is 10.8. The van der Waals surface area contributed by atoms with Crippen molar-refractivity contribution in [1.82, 2.24) is 29.0 Å². The highest BCUT2D eigenvalue weighted by molar-refractivity contribution is 7.98. The highest BCUT2D eigenvalue weighted by atomic mass is 35.5. The van der Waals surface area contributed by atoms with Crippen LogP contribution in [0.15, 0.2) is 59.5 Å². The summed E-state index contributed by atoms with van der Waals surface area (Å²) in [5.41, 5.74) is 6.99.